The Morgan fingerprint density at radius 1 is 0.519 bits per heavy atom. The number of aldehydes is 2. The molecule has 19 heteroatoms. The summed E-state index contributed by atoms with van der Waals surface area (Å²) in [5, 5.41) is 30.2. The smallest absolute Gasteiger partial charge is 0.343 e. The van der Waals surface area contributed by atoms with Gasteiger partial charge in [-0.15, -0.1) is 16.5 Å². The van der Waals surface area contributed by atoms with E-state index in [1.165, 1.54) is 41.6 Å². The maximum absolute atomic E-state index is 12.0. The summed E-state index contributed by atoms with van der Waals surface area (Å²) in [5.41, 5.74) is 8.99. The predicted octanol–water partition coefficient (Wildman–Crippen LogP) is 9.04. The normalized spacial score (nSPS) is 10.2. The molecule has 0 radical (unpaired) electrons. The number of phenols is 3. The van der Waals surface area contributed by atoms with Gasteiger partial charge >= 0.3 is 17.9 Å². The van der Waals surface area contributed by atoms with Gasteiger partial charge in [-0.3, -0.25) is 14.4 Å². The van der Waals surface area contributed by atoms with Crippen LogP contribution in [0.25, 0.3) is 0 Å². The van der Waals surface area contributed by atoms with Crippen molar-refractivity contribution in [2.45, 2.75) is 39.5 Å². The van der Waals surface area contributed by atoms with Crippen molar-refractivity contribution in [3.63, 3.8) is 0 Å². The number of carbonyl (C=O) groups is 5. The topological polar surface area (TPSA) is 238 Å². The van der Waals surface area contributed by atoms with Gasteiger partial charge in [0.25, 0.3) is 0 Å². The number of ether oxygens (including phenoxy) is 8. The summed E-state index contributed by atoms with van der Waals surface area (Å²) in [6, 6.07) is 28.3. The lowest BCUT2D eigenvalue weighted by molar-refractivity contribution is -0.282. The van der Waals surface area contributed by atoms with Crippen LogP contribution in [0, 0.1) is 13.8 Å². The molecule has 6 aromatic carbocycles. The van der Waals surface area contributed by atoms with E-state index >= 15 is 0 Å². The molecule has 6 aromatic rings. The number of carbonyl (C=O) groups excluding carboxylic acids is 5. The van der Waals surface area contributed by atoms with Crippen molar-refractivity contribution < 1.29 is 87.0 Å². The number of hydrogen-bond acceptors (Lipinski definition) is 18. The Balaban J connectivity index is 0.000000321. The van der Waals surface area contributed by atoms with Crippen LogP contribution in [0.3, 0.4) is 0 Å². The molecule has 0 heterocycles. The Kier molecular flexibility index (Phi) is 24.7. The summed E-state index contributed by atoms with van der Waals surface area (Å²) in [7, 11) is 6.86. The molecule has 0 aliphatic rings. The summed E-state index contributed by atoms with van der Waals surface area (Å²) >= 11 is 4.98. The fourth-order valence-corrected chi connectivity index (χ4v) is 7.69. The maximum Gasteiger partial charge on any atom is 0.343 e. The van der Waals surface area contributed by atoms with Crippen LogP contribution in [-0.4, -0.2) is 107 Å². The van der Waals surface area contributed by atoms with Crippen molar-refractivity contribution in [2.24, 2.45) is 0 Å². The monoisotopic (exact) mass is 1080 g/mol. The fourth-order valence-electron chi connectivity index (χ4n) is 7.58. The summed E-state index contributed by atoms with van der Waals surface area (Å²) in [6.07, 6.45) is 4.14. The van der Waals surface area contributed by atoms with Crippen molar-refractivity contribution in [1.82, 2.24) is 0 Å². The van der Waals surface area contributed by atoms with Crippen molar-refractivity contribution in [3.05, 3.63) is 177 Å². The maximum atomic E-state index is 12.0. The van der Waals surface area contributed by atoms with E-state index in [0.29, 0.717) is 61.3 Å². The minimum Gasteiger partial charge on any atom is -0.507 e. The molecule has 3 N–H and O–H groups in total. The number of benzene rings is 6. The second kappa shape index (κ2) is 31.2. The third-order valence-electron chi connectivity index (χ3n) is 11.1. The van der Waals surface area contributed by atoms with Gasteiger partial charge in [0.05, 0.1) is 46.7 Å². The molecule has 18 nitrogen and oxygen atoms in total. The van der Waals surface area contributed by atoms with Crippen LogP contribution in [0.2, 0.25) is 0 Å². The summed E-state index contributed by atoms with van der Waals surface area (Å²) < 4.78 is 41.2. The van der Waals surface area contributed by atoms with Crippen molar-refractivity contribution in [2.75, 3.05) is 61.4 Å². The SMILES string of the molecule is C=COOCOc1ccc(Cc2cc(C)cc(Cc3ccc(OCC(=O)OC)c(C=O)c3)c2OCC(=O)OC)cc1OC.COC(=O)CCl.COc1cc(Cc2cc(C)cc(Cc3ccc(O)c(C=O)c3)c2O)ccc1O. The van der Waals surface area contributed by atoms with Crippen LogP contribution in [0.1, 0.15) is 76.4 Å². The van der Waals surface area contributed by atoms with Gasteiger partial charge in [-0.1, -0.05) is 66.2 Å². The molecule has 0 unspecified atom stereocenters. The predicted molar refractivity (Wildman–Crippen MR) is 284 cm³/mol. The van der Waals surface area contributed by atoms with Crippen LogP contribution in [0.4, 0.5) is 0 Å². The highest BCUT2D eigenvalue weighted by molar-refractivity contribution is 6.26. The Morgan fingerprint density at radius 3 is 1.47 bits per heavy atom. The van der Waals surface area contributed by atoms with E-state index in [1.807, 2.05) is 50.2 Å². The van der Waals surface area contributed by atoms with Crippen LogP contribution < -0.4 is 23.7 Å². The van der Waals surface area contributed by atoms with E-state index in [0.717, 1.165) is 61.9 Å². The number of aromatic hydroxyl groups is 3. The third kappa shape index (κ3) is 18.9. The number of hydrogen-bond donors (Lipinski definition) is 3. The Labute approximate surface area is 451 Å². The van der Waals surface area contributed by atoms with E-state index in [1.54, 1.807) is 54.6 Å². The highest BCUT2D eigenvalue weighted by atomic mass is 35.5. The summed E-state index contributed by atoms with van der Waals surface area (Å²) in [4.78, 5) is 65.6. The fraction of sp³-hybridized carbons (Fsp3) is 0.259. The number of aryl methyl sites for hydroxylation is 2. The lowest BCUT2D eigenvalue weighted by atomic mass is 9.94. The van der Waals surface area contributed by atoms with E-state index in [4.69, 9.17) is 44.9 Å². The van der Waals surface area contributed by atoms with Crippen molar-refractivity contribution >= 4 is 42.1 Å². The second-order valence-electron chi connectivity index (χ2n) is 16.6. The minimum absolute atomic E-state index is 0.0590. The molecule has 0 bridgehead atoms. The molecule has 0 spiro atoms. The second-order valence-corrected chi connectivity index (χ2v) is 16.9. The summed E-state index contributed by atoms with van der Waals surface area (Å²) in [5.74, 6) is 0.763. The third-order valence-corrected chi connectivity index (χ3v) is 11.4. The first-order valence-corrected chi connectivity index (χ1v) is 23.9. The zero-order chi connectivity index (χ0) is 56.4. The van der Waals surface area contributed by atoms with E-state index < -0.39 is 17.9 Å². The molecule has 6 rings (SSSR count). The molecule has 0 aliphatic heterocycles. The van der Waals surface area contributed by atoms with Gasteiger partial charge < -0.3 is 58.1 Å². The highest BCUT2D eigenvalue weighted by Gasteiger charge is 2.18. The van der Waals surface area contributed by atoms with E-state index in [2.05, 4.69) is 20.9 Å². The molecule has 0 amide bonds. The lowest BCUT2D eigenvalue weighted by Crippen LogP contribution is -2.15. The molecule has 0 saturated carbocycles. The Bertz CT molecular complexity index is 2980. The van der Waals surface area contributed by atoms with Crippen LogP contribution in [0.5, 0.6) is 46.0 Å². The number of methoxy groups -OCH3 is 5. The minimum atomic E-state index is -0.562. The molecule has 0 aliphatic carbocycles. The highest BCUT2D eigenvalue weighted by Crippen LogP contribution is 2.35. The quantitative estimate of drug-likeness (QED) is 0.00589. The number of phenolic OH excluding ortho intramolecular Hbond substituents is 3. The molecular formula is C58H61ClO18. The van der Waals surface area contributed by atoms with Crippen LogP contribution in [-0.2, 0) is 64.1 Å². The number of alkyl halides is 1. The van der Waals surface area contributed by atoms with E-state index in [-0.39, 0.29) is 60.0 Å². The average Bonchev–Trinajstić information content (AvgIpc) is 3.44. The summed E-state index contributed by atoms with van der Waals surface area (Å²) in [6.45, 7) is 6.53. The van der Waals surface area contributed by atoms with Gasteiger partial charge in [0.1, 0.15) is 35.1 Å². The van der Waals surface area contributed by atoms with E-state index in [9.17, 15) is 39.3 Å². The Hall–Kier alpha value is -8.74. The van der Waals surface area contributed by atoms with Gasteiger partial charge in [-0.2, -0.15) is 0 Å². The molecule has 0 atom stereocenters. The zero-order valence-corrected chi connectivity index (χ0v) is 44.4. The van der Waals surface area contributed by atoms with Gasteiger partial charge in [0.2, 0.25) is 6.79 Å². The molecule has 77 heavy (non-hydrogen) atoms. The Morgan fingerprint density at radius 2 is 0.974 bits per heavy atom. The molecule has 0 aromatic heterocycles. The van der Waals surface area contributed by atoms with Gasteiger partial charge in [-0.05, 0) is 107 Å². The standard InChI is InChI=1S/C32H34O11.C23H22O5.C3H5ClO2/c1-6-42-43-20-41-28-10-8-23(16-29(28)36-3)14-25-12-21(2)11-24(32(25)40-19-31(35)38-5)13-22-7-9-27(26(15-22)17-33)39-18-30(34)37-4;1-14-7-17(9-15-3-5-20(25)19(11-15)13-24)23(27)18(8-14)10-16-4-6-21(26)22(12-16)28-2;1-6-3(5)2-4/h6-12,15-17H,1,13-14,18-20H2,2-5H3;3-8,11-13,25-27H,9-10H2,1-2H3;2H2,1H3. The zero-order valence-electron chi connectivity index (χ0n) is 43.7. The molecule has 0 saturated heterocycles. The van der Waals surface area contributed by atoms with Gasteiger partial charge in [0, 0.05) is 25.7 Å². The molecule has 408 valence electrons. The lowest BCUT2D eigenvalue weighted by Gasteiger charge is -2.18. The van der Waals surface area contributed by atoms with Crippen molar-refractivity contribution in [3.8, 4) is 46.0 Å². The molecule has 0 fully saturated rings. The first kappa shape index (κ1) is 60.8. The molecular weight excluding hydrogens is 1020 g/mol. The van der Waals surface area contributed by atoms with Crippen LogP contribution >= 0.6 is 11.6 Å². The number of halogens is 1. The number of esters is 3. The average molecular weight is 1080 g/mol. The largest absolute Gasteiger partial charge is 0.507 e. The van der Waals surface area contributed by atoms with Crippen LogP contribution in [0.15, 0.2) is 110 Å². The first-order valence-electron chi connectivity index (χ1n) is 23.4. The number of rotatable bonds is 24. The van der Waals surface area contributed by atoms with Crippen molar-refractivity contribution in [1.29, 1.82) is 0 Å². The van der Waals surface area contributed by atoms with Gasteiger partial charge in [0.15, 0.2) is 48.8 Å². The van der Waals surface area contributed by atoms with Gasteiger partial charge in [-0.25, -0.2) is 9.59 Å². The first-order chi connectivity index (χ1) is 37.0.